The molecule has 1 amide bonds. The van der Waals surface area contributed by atoms with Gasteiger partial charge >= 0.3 is 0 Å². The Hall–Kier alpha value is -2.69. The van der Waals surface area contributed by atoms with Crippen molar-refractivity contribution in [1.29, 1.82) is 0 Å². The third-order valence-corrected chi connectivity index (χ3v) is 5.72. The second-order valence-electron chi connectivity index (χ2n) is 5.83. The van der Waals surface area contributed by atoms with E-state index in [1.165, 1.54) is 30.0 Å². The smallest absolute Gasteiger partial charge is 0.238 e. The Morgan fingerprint density at radius 2 is 1.89 bits per heavy atom. The first-order valence-corrected chi connectivity index (χ1v) is 11.0. The lowest BCUT2D eigenvalue weighted by Gasteiger charge is -2.08. The molecule has 0 bridgehead atoms. The van der Waals surface area contributed by atoms with Gasteiger partial charge in [-0.3, -0.25) is 4.79 Å². The normalized spacial score (nSPS) is 11.4. The first kappa shape index (κ1) is 20.1. The van der Waals surface area contributed by atoms with E-state index in [-0.39, 0.29) is 16.6 Å². The predicted molar refractivity (Wildman–Crippen MR) is 108 cm³/mol. The molecule has 0 aliphatic heterocycles. The highest BCUT2D eigenvalue weighted by atomic mass is 32.2. The summed E-state index contributed by atoms with van der Waals surface area (Å²) in [7, 11) is -3.83. The number of carbonyl (C=O) groups is 1. The summed E-state index contributed by atoms with van der Waals surface area (Å²) in [6.07, 6.45) is 0. The Bertz CT molecular complexity index is 1080. The Balaban J connectivity index is 1.68. The van der Waals surface area contributed by atoms with Crippen molar-refractivity contribution in [2.24, 2.45) is 5.14 Å². The molecule has 10 heteroatoms. The van der Waals surface area contributed by atoms with Crippen LogP contribution in [0.1, 0.15) is 6.92 Å². The third-order valence-electron chi connectivity index (χ3n) is 3.84. The van der Waals surface area contributed by atoms with Crippen molar-refractivity contribution in [3.63, 3.8) is 0 Å². The number of anilines is 1. The number of nitrogens with two attached hydrogens (primary N) is 1. The molecule has 0 unspecified atom stereocenters. The van der Waals surface area contributed by atoms with Crippen LogP contribution in [0.3, 0.4) is 0 Å². The van der Waals surface area contributed by atoms with Gasteiger partial charge in [0.25, 0.3) is 0 Å². The molecular formula is C18H19N5O3S2. The standard InChI is InChI=1S/C18H19N5O3S2/c1-2-23-17(13-7-4-3-5-8-13)21-22-18(23)27-12-16(24)20-14-9-6-10-15(11-14)28(19,25)26/h3-11H,2,12H2,1H3,(H,20,24)(H2,19,25,26). The van der Waals surface area contributed by atoms with E-state index in [1.54, 1.807) is 6.07 Å². The van der Waals surface area contributed by atoms with Gasteiger partial charge in [0.2, 0.25) is 15.9 Å². The molecule has 0 aliphatic rings. The number of thioether (sulfide) groups is 1. The number of nitrogens with zero attached hydrogens (tertiary/aromatic N) is 3. The van der Waals surface area contributed by atoms with Gasteiger partial charge in [0, 0.05) is 17.8 Å². The Labute approximate surface area is 167 Å². The zero-order valence-electron chi connectivity index (χ0n) is 15.1. The third kappa shape index (κ3) is 4.77. The van der Waals surface area contributed by atoms with Gasteiger partial charge in [0.1, 0.15) is 0 Å². The van der Waals surface area contributed by atoms with E-state index in [2.05, 4.69) is 15.5 Å². The fourth-order valence-electron chi connectivity index (χ4n) is 2.56. The Morgan fingerprint density at radius 3 is 2.57 bits per heavy atom. The van der Waals surface area contributed by atoms with Crippen molar-refractivity contribution in [3.8, 4) is 11.4 Å². The van der Waals surface area contributed by atoms with Crippen molar-refractivity contribution >= 4 is 33.4 Å². The molecule has 28 heavy (non-hydrogen) atoms. The average molecular weight is 418 g/mol. The average Bonchev–Trinajstić information content (AvgIpc) is 3.09. The minimum atomic E-state index is -3.83. The quantitative estimate of drug-likeness (QED) is 0.569. The van der Waals surface area contributed by atoms with Crippen LogP contribution in [-0.2, 0) is 21.4 Å². The van der Waals surface area contributed by atoms with Crippen LogP contribution in [0.4, 0.5) is 5.69 Å². The van der Waals surface area contributed by atoms with Gasteiger partial charge in [-0.1, -0.05) is 48.2 Å². The van der Waals surface area contributed by atoms with Crippen LogP contribution in [0.15, 0.2) is 64.6 Å². The molecule has 0 atom stereocenters. The summed E-state index contributed by atoms with van der Waals surface area (Å²) in [6, 6.07) is 15.5. The molecular weight excluding hydrogens is 398 g/mol. The van der Waals surface area contributed by atoms with Gasteiger partial charge in [0.05, 0.1) is 10.6 Å². The Morgan fingerprint density at radius 1 is 1.14 bits per heavy atom. The fourth-order valence-corrected chi connectivity index (χ4v) is 3.92. The summed E-state index contributed by atoms with van der Waals surface area (Å²) in [5.74, 6) is 0.558. The van der Waals surface area contributed by atoms with Gasteiger partial charge in [-0.15, -0.1) is 10.2 Å². The monoisotopic (exact) mass is 417 g/mol. The number of sulfonamides is 1. The topological polar surface area (TPSA) is 120 Å². The minimum absolute atomic E-state index is 0.0591. The second-order valence-corrected chi connectivity index (χ2v) is 8.33. The summed E-state index contributed by atoms with van der Waals surface area (Å²) in [6.45, 7) is 2.65. The fraction of sp³-hybridized carbons (Fsp3) is 0.167. The number of rotatable bonds is 7. The van der Waals surface area contributed by atoms with Crippen molar-refractivity contribution in [2.45, 2.75) is 23.5 Å². The molecule has 146 valence electrons. The SMILES string of the molecule is CCn1c(SCC(=O)Nc2cccc(S(N)(=O)=O)c2)nnc1-c1ccccc1. The van der Waals surface area contributed by atoms with Crippen molar-refractivity contribution in [3.05, 3.63) is 54.6 Å². The lowest BCUT2D eigenvalue weighted by Crippen LogP contribution is -2.16. The molecule has 0 fully saturated rings. The summed E-state index contributed by atoms with van der Waals surface area (Å²) in [5, 5.41) is 16.8. The molecule has 0 saturated heterocycles. The van der Waals surface area contributed by atoms with E-state index in [0.29, 0.717) is 17.4 Å². The van der Waals surface area contributed by atoms with E-state index in [4.69, 9.17) is 5.14 Å². The van der Waals surface area contributed by atoms with Gasteiger partial charge < -0.3 is 9.88 Å². The van der Waals surface area contributed by atoms with Crippen LogP contribution < -0.4 is 10.5 Å². The molecule has 0 radical (unpaired) electrons. The summed E-state index contributed by atoms with van der Waals surface area (Å²) >= 11 is 1.26. The largest absolute Gasteiger partial charge is 0.325 e. The number of carbonyl (C=O) groups excluding carboxylic acids is 1. The van der Waals surface area contributed by atoms with E-state index in [1.807, 2.05) is 41.8 Å². The maximum absolute atomic E-state index is 12.3. The van der Waals surface area contributed by atoms with Gasteiger partial charge in [-0.25, -0.2) is 13.6 Å². The molecule has 0 aliphatic carbocycles. The van der Waals surface area contributed by atoms with Crippen LogP contribution in [0, 0.1) is 0 Å². The molecule has 3 rings (SSSR count). The number of amides is 1. The molecule has 1 aromatic heterocycles. The van der Waals surface area contributed by atoms with Crippen LogP contribution in [0.25, 0.3) is 11.4 Å². The molecule has 0 spiro atoms. The van der Waals surface area contributed by atoms with Gasteiger partial charge in [-0.2, -0.15) is 0 Å². The van der Waals surface area contributed by atoms with Crippen LogP contribution in [-0.4, -0.2) is 34.8 Å². The highest BCUT2D eigenvalue weighted by molar-refractivity contribution is 7.99. The van der Waals surface area contributed by atoms with Gasteiger partial charge in [0.15, 0.2) is 11.0 Å². The number of hydrogen-bond acceptors (Lipinski definition) is 6. The Kier molecular flexibility index (Phi) is 6.12. The minimum Gasteiger partial charge on any atom is -0.325 e. The van der Waals surface area contributed by atoms with Crippen molar-refractivity contribution in [2.75, 3.05) is 11.1 Å². The molecule has 3 aromatic rings. The lowest BCUT2D eigenvalue weighted by molar-refractivity contribution is -0.113. The second kappa shape index (κ2) is 8.55. The maximum Gasteiger partial charge on any atom is 0.238 e. The summed E-state index contributed by atoms with van der Waals surface area (Å²) in [5.41, 5.74) is 1.31. The van der Waals surface area contributed by atoms with Crippen LogP contribution in [0.5, 0.6) is 0 Å². The highest BCUT2D eigenvalue weighted by Gasteiger charge is 2.15. The number of primary sulfonamides is 1. The zero-order valence-corrected chi connectivity index (χ0v) is 16.7. The first-order valence-electron chi connectivity index (χ1n) is 8.42. The lowest BCUT2D eigenvalue weighted by atomic mass is 10.2. The van der Waals surface area contributed by atoms with Crippen molar-refractivity contribution < 1.29 is 13.2 Å². The number of nitrogens with one attached hydrogen (secondary N) is 1. The number of hydrogen-bond donors (Lipinski definition) is 2. The summed E-state index contributed by atoms with van der Waals surface area (Å²) in [4.78, 5) is 12.2. The van der Waals surface area contributed by atoms with Crippen LogP contribution >= 0.6 is 11.8 Å². The molecule has 3 N–H and O–H groups in total. The molecule has 1 heterocycles. The van der Waals surface area contributed by atoms with E-state index < -0.39 is 10.0 Å². The molecule has 2 aromatic carbocycles. The highest BCUT2D eigenvalue weighted by Crippen LogP contribution is 2.24. The first-order chi connectivity index (χ1) is 13.4. The van der Waals surface area contributed by atoms with E-state index in [0.717, 1.165) is 11.4 Å². The molecule has 0 saturated carbocycles. The van der Waals surface area contributed by atoms with Crippen molar-refractivity contribution in [1.82, 2.24) is 14.8 Å². The molecule has 8 nitrogen and oxygen atoms in total. The zero-order chi connectivity index (χ0) is 20.1. The predicted octanol–water partition coefficient (Wildman–Crippen LogP) is 2.34. The van der Waals surface area contributed by atoms with Gasteiger partial charge in [-0.05, 0) is 25.1 Å². The van der Waals surface area contributed by atoms with E-state index in [9.17, 15) is 13.2 Å². The van der Waals surface area contributed by atoms with Crippen LogP contribution in [0.2, 0.25) is 0 Å². The number of aromatic nitrogens is 3. The number of benzene rings is 2. The maximum atomic E-state index is 12.3. The van der Waals surface area contributed by atoms with E-state index >= 15 is 0 Å². The summed E-state index contributed by atoms with van der Waals surface area (Å²) < 4.78 is 24.8.